The van der Waals surface area contributed by atoms with Gasteiger partial charge in [-0.15, -0.1) is 0 Å². The minimum Gasteiger partial charge on any atom is -0.481 e. The van der Waals surface area contributed by atoms with Crippen LogP contribution in [-0.4, -0.2) is 93.7 Å². The van der Waals surface area contributed by atoms with Gasteiger partial charge in [0.05, 0.1) is 25.0 Å². The first-order valence-electron chi connectivity index (χ1n) is 10.3. The zero-order chi connectivity index (χ0) is 27.3. The number of aliphatic hydroxyl groups is 1. The normalized spacial score (nSPS) is 14.8. The SMILES string of the molecule is CC(O)C(NC(=O)C(CC(N)=O)NC(=O)C(CCCN=C(N)N)NC(=O)C(N)CC(=O)O)C(=O)O. The quantitative estimate of drug-likeness (QED) is 0.0535. The fourth-order valence-electron chi connectivity index (χ4n) is 2.66. The fourth-order valence-corrected chi connectivity index (χ4v) is 2.66. The van der Waals surface area contributed by atoms with Crippen LogP contribution in [0.25, 0.3) is 0 Å². The largest absolute Gasteiger partial charge is 0.481 e. The van der Waals surface area contributed by atoms with E-state index in [1.54, 1.807) is 0 Å². The van der Waals surface area contributed by atoms with Crippen molar-refractivity contribution in [2.24, 2.45) is 27.9 Å². The number of aliphatic hydroxyl groups excluding tert-OH is 1. The number of nitrogens with two attached hydrogens (primary N) is 4. The molecule has 5 atom stereocenters. The maximum Gasteiger partial charge on any atom is 0.328 e. The van der Waals surface area contributed by atoms with E-state index < -0.39 is 78.7 Å². The van der Waals surface area contributed by atoms with Crippen LogP contribution in [0.1, 0.15) is 32.6 Å². The highest BCUT2D eigenvalue weighted by atomic mass is 16.4. The summed E-state index contributed by atoms with van der Waals surface area (Å²) in [6, 6.07) is -6.27. The van der Waals surface area contributed by atoms with Crippen LogP contribution in [0.15, 0.2) is 4.99 Å². The molecule has 0 fully saturated rings. The number of nitrogens with one attached hydrogen (secondary N) is 3. The van der Waals surface area contributed by atoms with Crippen molar-refractivity contribution in [3.63, 3.8) is 0 Å². The second-order valence-electron chi connectivity index (χ2n) is 7.51. The van der Waals surface area contributed by atoms with Crippen molar-refractivity contribution in [2.45, 2.75) is 62.9 Å². The monoisotopic (exact) mass is 504 g/mol. The summed E-state index contributed by atoms with van der Waals surface area (Å²) in [5.74, 6) is -7.28. The molecule has 0 rings (SSSR count). The molecule has 4 amide bonds. The van der Waals surface area contributed by atoms with E-state index in [4.69, 9.17) is 33.1 Å². The molecule has 0 heterocycles. The molecule has 0 aromatic heterocycles. The maximum atomic E-state index is 12.8. The third-order valence-electron chi connectivity index (χ3n) is 4.39. The third-order valence-corrected chi connectivity index (χ3v) is 4.39. The molecule has 0 aliphatic carbocycles. The van der Waals surface area contributed by atoms with Gasteiger partial charge in [-0.3, -0.25) is 29.0 Å². The van der Waals surface area contributed by atoms with Gasteiger partial charge in [0.1, 0.15) is 12.1 Å². The molecule has 5 unspecified atom stereocenters. The Labute approximate surface area is 199 Å². The number of hydrogen-bond donors (Lipinski definition) is 10. The number of carboxylic acids is 2. The number of hydrogen-bond acceptors (Lipinski definition) is 9. The lowest BCUT2D eigenvalue weighted by Gasteiger charge is -2.25. The molecular weight excluding hydrogens is 472 g/mol. The Bertz CT molecular complexity index is 829. The van der Waals surface area contributed by atoms with Crippen molar-refractivity contribution in [3.05, 3.63) is 0 Å². The van der Waals surface area contributed by atoms with Crippen LogP contribution in [0.5, 0.6) is 0 Å². The zero-order valence-electron chi connectivity index (χ0n) is 19.0. The molecule has 0 bridgehead atoms. The minimum absolute atomic E-state index is 0.0586. The molecule has 35 heavy (non-hydrogen) atoms. The topological polar surface area (TPSA) is 316 Å². The molecule has 0 radical (unpaired) electrons. The van der Waals surface area contributed by atoms with Crippen molar-refractivity contribution in [3.8, 4) is 0 Å². The Morgan fingerprint density at radius 1 is 0.857 bits per heavy atom. The number of aliphatic carboxylic acids is 2. The summed E-state index contributed by atoms with van der Waals surface area (Å²) in [6.07, 6.45) is -2.92. The lowest BCUT2D eigenvalue weighted by molar-refractivity contribution is -0.145. The predicted octanol–water partition coefficient (Wildman–Crippen LogP) is -5.36. The van der Waals surface area contributed by atoms with Gasteiger partial charge in [-0.05, 0) is 19.8 Å². The Morgan fingerprint density at radius 2 is 1.40 bits per heavy atom. The molecular formula is C18H32N8O9. The van der Waals surface area contributed by atoms with Gasteiger partial charge >= 0.3 is 11.9 Å². The van der Waals surface area contributed by atoms with Crippen LogP contribution in [0.2, 0.25) is 0 Å². The van der Waals surface area contributed by atoms with Crippen molar-refractivity contribution < 1.29 is 44.1 Å². The highest BCUT2D eigenvalue weighted by molar-refractivity contribution is 5.96. The summed E-state index contributed by atoms with van der Waals surface area (Å²) in [5, 5.41) is 33.9. The molecule has 14 N–H and O–H groups in total. The van der Waals surface area contributed by atoms with Gasteiger partial charge in [0, 0.05) is 6.54 Å². The lowest BCUT2D eigenvalue weighted by Crippen LogP contribution is -2.59. The Kier molecular flexibility index (Phi) is 13.3. The van der Waals surface area contributed by atoms with Gasteiger partial charge in [-0.2, -0.15) is 0 Å². The van der Waals surface area contributed by atoms with Gasteiger partial charge in [0.15, 0.2) is 12.0 Å². The minimum atomic E-state index is -1.75. The fraction of sp³-hybridized carbons (Fsp3) is 0.611. The molecule has 0 saturated carbocycles. The number of carbonyl (C=O) groups is 6. The molecule has 17 nitrogen and oxygen atoms in total. The molecule has 0 saturated heterocycles. The highest BCUT2D eigenvalue weighted by Crippen LogP contribution is 2.04. The molecule has 0 aromatic rings. The van der Waals surface area contributed by atoms with Gasteiger partial charge < -0.3 is 54.2 Å². The molecule has 198 valence electrons. The van der Waals surface area contributed by atoms with E-state index >= 15 is 0 Å². The smallest absolute Gasteiger partial charge is 0.328 e. The van der Waals surface area contributed by atoms with Gasteiger partial charge in [-0.1, -0.05) is 0 Å². The average molecular weight is 505 g/mol. The summed E-state index contributed by atoms with van der Waals surface area (Å²) in [6.45, 7) is 1.16. The van der Waals surface area contributed by atoms with E-state index in [0.29, 0.717) is 0 Å². The molecule has 0 aliphatic rings. The number of nitrogens with zero attached hydrogens (tertiary/aromatic N) is 1. The first-order chi connectivity index (χ1) is 16.1. The third kappa shape index (κ3) is 12.7. The van der Waals surface area contributed by atoms with Crippen molar-refractivity contribution in [1.82, 2.24) is 16.0 Å². The number of carbonyl (C=O) groups excluding carboxylic acids is 4. The first kappa shape index (κ1) is 31.0. The van der Waals surface area contributed by atoms with Gasteiger partial charge in [-0.25, -0.2) is 4.79 Å². The van der Waals surface area contributed by atoms with Crippen LogP contribution < -0.4 is 38.9 Å². The zero-order valence-corrected chi connectivity index (χ0v) is 19.0. The van der Waals surface area contributed by atoms with Crippen molar-refractivity contribution >= 4 is 41.5 Å². The summed E-state index contributed by atoms with van der Waals surface area (Å²) < 4.78 is 0. The average Bonchev–Trinajstić information content (AvgIpc) is 2.71. The molecule has 0 aliphatic heterocycles. The Morgan fingerprint density at radius 3 is 1.86 bits per heavy atom. The maximum absolute atomic E-state index is 12.8. The summed E-state index contributed by atoms with van der Waals surface area (Å²) >= 11 is 0. The van der Waals surface area contributed by atoms with Crippen LogP contribution in [0.4, 0.5) is 0 Å². The van der Waals surface area contributed by atoms with E-state index in [1.807, 2.05) is 5.32 Å². The van der Waals surface area contributed by atoms with E-state index in [0.717, 1.165) is 6.92 Å². The van der Waals surface area contributed by atoms with Gasteiger partial charge in [0.2, 0.25) is 23.6 Å². The predicted molar refractivity (Wildman–Crippen MR) is 119 cm³/mol. The lowest BCUT2D eigenvalue weighted by atomic mass is 10.1. The van der Waals surface area contributed by atoms with Crippen LogP contribution in [-0.2, 0) is 28.8 Å². The van der Waals surface area contributed by atoms with Crippen molar-refractivity contribution in [1.29, 1.82) is 0 Å². The molecule has 17 heteroatoms. The Hall–Kier alpha value is -3.99. The number of carboxylic acid groups (broad SMARTS) is 2. The van der Waals surface area contributed by atoms with Crippen LogP contribution in [0, 0.1) is 0 Å². The van der Waals surface area contributed by atoms with Crippen molar-refractivity contribution in [2.75, 3.05) is 6.54 Å². The Balaban J connectivity index is 5.64. The molecule has 0 spiro atoms. The second-order valence-corrected chi connectivity index (χ2v) is 7.51. The van der Waals surface area contributed by atoms with E-state index in [-0.39, 0.29) is 25.3 Å². The van der Waals surface area contributed by atoms with E-state index in [2.05, 4.69) is 15.6 Å². The highest BCUT2D eigenvalue weighted by Gasteiger charge is 2.32. The van der Waals surface area contributed by atoms with E-state index in [1.165, 1.54) is 0 Å². The summed E-state index contributed by atoms with van der Waals surface area (Å²) in [4.78, 5) is 74.7. The van der Waals surface area contributed by atoms with E-state index in [9.17, 15) is 33.9 Å². The first-order valence-corrected chi connectivity index (χ1v) is 10.3. The number of aliphatic imine (C=N–C) groups is 1. The van der Waals surface area contributed by atoms with Crippen LogP contribution in [0.3, 0.4) is 0 Å². The number of guanidine groups is 1. The number of primary amides is 1. The second kappa shape index (κ2) is 15.0. The molecule has 0 aromatic carbocycles. The number of amides is 4. The van der Waals surface area contributed by atoms with Crippen LogP contribution >= 0.6 is 0 Å². The number of rotatable bonds is 16. The van der Waals surface area contributed by atoms with Gasteiger partial charge in [0.25, 0.3) is 0 Å². The standard InChI is InChI=1S/C18H32N8O9/c1-7(27)13(17(34)35)26-16(33)10(6-11(20)28)25-15(32)9(3-2-4-23-18(21)22)24-14(31)8(19)5-12(29)30/h7-10,13,27H,2-6,19H2,1H3,(H2,20,28)(H,24,31)(H,25,32)(H,26,33)(H,29,30)(H,34,35)(H4,21,22,23). The summed E-state index contributed by atoms with van der Waals surface area (Å²) in [5.41, 5.74) is 21.1. The summed E-state index contributed by atoms with van der Waals surface area (Å²) in [7, 11) is 0.